The van der Waals surface area contributed by atoms with Crippen LogP contribution in [0, 0.1) is 0 Å². The van der Waals surface area contributed by atoms with E-state index in [1.165, 1.54) is 13.2 Å². The molecule has 1 fully saturated rings. The number of carbonyl (C=O) groups is 1. The lowest BCUT2D eigenvalue weighted by Gasteiger charge is -2.33. The minimum Gasteiger partial charge on any atom is -0.493 e. The molecule has 0 spiro atoms. The van der Waals surface area contributed by atoms with Gasteiger partial charge in [-0.2, -0.15) is 0 Å². The smallest absolute Gasteiger partial charge is 0.493 e. The molecule has 0 saturated carbocycles. The third-order valence-electron chi connectivity index (χ3n) is 4.59. The molecule has 1 unspecified atom stereocenters. The van der Waals surface area contributed by atoms with Crippen molar-refractivity contribution in [2.24, 2.45) is 0 Å². The largest absolute Gasteiger partial charge is 0.530 e. The molecule has 11 nitrogen and oxygen atoms in total. The van der Waals surface area contributed by atoms with E-state index in [9.17, 15) is 19.6 Å². The van der Waals surface area contributed by atoms with Crippen LogP contribution in [0.2, 0.25) is 0 Å². The van der Waals surface area contributed by atoms with Gasteiger partial charge in [-0.1, -0.05) is 30.3 Å². The standard InChI is InChI=1S/C18H19ClFN2O9P/c1-9-21-16(25)11(19)6-22(9)17-13(23)15(24)18(20,30-17)8-29-32(26)28-7-10-4-3-5-12(27-2)14(10)31-32/h3-6,13,15,17,23-24H,1,7-8H2,2H3,(H,21,25)/t13-,15+,17-,18-,32?/m1/s1/i8D2,17D. The monoisotopic (exact) mass is 495 g/mol. The number of para-hydroxylation sites is 1. The number of methoxy groups -OCH3 is 1. The van der Waals surface area contributed by atoms with E-state index >= 15 is 4.39 Å². The number of aliphatic hydroxyl groups is 2. The van der Waals surface area contributed by atoms with Crippen LogP contribution in [0.15, 0.2) is 41.8 Å². The summed E-state index contributed by atoms with van der Waals surface area (Å²) in [5, 5.41) is 22.5. The second-order valence-electron chi connectivity index (χ2n) is 6.68. The molecule has 1 aromatic rings. The zero-order chi connectivity index (χ0) is 26.0. The average molecular weight is 496 g/mol. The molecule has 14 heteroatoms. The van der Waals surface area contributed by atoms with Crippen molar-refractivity contribution < 1.29 is 51.1 Å². The zero-order valence-corrected chi connectivity index (χ0v) is 17.9. The number of ether oxygens (including phenoxy) is 2. The second kappa shape index (κ2) is 8.31. The molecule has 1 saturated heterocycles. The topological polar surface area (TPSA) is 136 Å². The molecule has 3 heterocycles. The fourth-order valence-corrected chi connectivity index (χ4v) is 4.22. The predicted molar refractivity (Wildman–Crippen MR) is 106 cm³/mol. The Hall–Kier alpha value is -2.18. The van der Waals surface area contributed by atoms with Gasteiger partial charge in [-0.3, -0.25) is 13.8 Å². The lowest BCUT2D eigenvalue weighted by Crippen LogP contribution is -2.47. The van der Waals surface area contributed by atoms with Crippen molar-refractivity contribution in [2.45, 2.75) is 30.9 Å². The minimum atomic E-state index is -4.90. The van der Waals surface area contributed by atoms with Gasteiger partial charge in [-0.05, 0) is 6.07 Å². The maximum Gasteiger partial charge on any atom is 0.530 e. The Bertz CT molecular complexity index is 1160. The van der Waals surface area contributed by atoms with Crippen LogP contribution in [0.4, 0.5) is 4.39 Å². The number of benzene rings is 1. The van der Waals surface area contributed by atoms with E-state index in [1.807, 2.05) is 0 Å². The van der Waals surface area contributed by atoms with Gasteiger partial charge < -0.3 is 34.4 Å². The van der Waals surface area contributed by atoms with Crippen LogP contribution < -0.4 is 14.6 Å². The first-order valence-electron chi connectivity index (χ1n) is 10.4. The van der Waals surface area contributed by atoms with E-state index in [4.69, 9.17) is 38.8 Å². The van der Waals surface area contributed by atoms with Gasteiger partial charge in [-0.25, -0.2) is 8.96 Å². The van der Waals surface area contributed by atoms with Crippen LogP contribution >= 0.6 is 19.4 Å². The molecule has 0 aliphatic carbocycles. The van der Waals surface area contributed by atoms with Gasteiger partial charge >= 0.3 is 7.82 Å². The number of carbonyl (C=O) groups excluding carboxylic acids is 1. The van der Waals surface area contributed by atoms with Gasteiger partial charge in [-0.15, -0.1) is 0 Å². The van der Waals surface area contributed by atoms with E-state index < -0.39 is 55.4 Å². The van der Waals surface area contributed by atoms with Crippen LogP contribution in [0.1, 0.15) is 9.68 Å². The van der Waals surface area contributed by atoms with Gasteiger partial charge in [0.15, 0.2) is 17.7 Å². The molecule has 3 aliphatic heterocycles. The van der Waals surface area contributed by atoms with Gasteiger partial charge in [0.05, 0.1) is 17.8 Å². The first-order chi connectivity index (χ1) is 16.2. The van der Waals surface area contributed by atoms with Gasteiger partial charge in [0.25, 0.3) is 11.8 Å². The van der Waals surface area contributed by atoms with Gasteiger partial charge in [0, 0.05) is 11.8 Å². The molecule has 0 radical (unpaired) electrons. The molecule has 5 atom stereocenters. The second-order valence-corrected chi connectivity index (χ2v) is 8.60. The van der Waals surface area contributed by atoms with E-state index in [0.29, 0.717) is 10.5 Å². The molecule has 1 aromatic carbocycles. The number of phosphoric ester groups is 1. The highest BCUT2D eigenvalue weighted by atomic mass is 35.5. The Morgan fingerprint density at radius 1 is 1.56 bits per heavy atom. The summed E-state index contributed by atoms with van der Waals surface area (Å²) >= 11 is 5.74. The maximum absolute atomic E-state index is 15.9. The quantitative estimate of drug-likeness (QED) is 0.515. The average Bonchev–Trinajstić information content (AvgIpc) is 2.97. The van der Waals surface area contributed by atoms with Crippen molar-refractivity contribution in [3.63, 3.8) is 0 Å². The summed E-state index contributed by atoms with van der Waals surface area (Å²) in [6.45, 7) is -0.783. The summed E-state index contributed by atoms with van der Waals surface area (Å²) < 4.78 is 78.5. The van der Waals surface area contributed by atoms with Gasteiger partial charge in [0.1, 0.15) is 29.6 Å². The molecule has 0 aromatic heterocycles. The lowest BCUT2D eigenvalue weighted by molar-refractivity contribution is -0.208. The molecule has 174 valence electrons. The predicted octanol–water partition coefficient (Wildman–Crippen LogP) is 1.46. The van der Waals surface area contributed by atoms with Crippen LogP contribution in [0.3, 0.4) is 0 Å². The summed E-state index contributed by atoms with van der Waals surface area (Å²) in [5.74, 6) is -5.23. The summed E-state index contributed by atoms with van der Waals surface area (Å²) in [6, 6.07) is 4.59. The minimum absolute atomic E-state index is 0.101. The molecule has 1 amide bonds. The molecule has 4 rings (SSSR count). The molecule has 32 heavy (non-hydrogen) atoms. The number of amides is 1. The number of rotatable bonds is 5. The highest BCUT2D eigenvalue weighted by Crippen LogP contribution is 2.57. The Balaban J connectivity index is 1.64. The van der Waals surface area contributed by atoms with Crippen molar-refractivity contribution in [1.29, 1.82) is 0 Å². The van der Waals surface area contributed by atoms with E-state index in [1.54, 1.807) is 12.1 Å². The number of halogens is 2. The first-order valence-corrected chi connectivity index (χ1v) is 10.7. The first kappa shape index (κ1) is 19.3. The van der Waals surface area contributed by atoms with Crippen LogP contribution in [0.5, 0.6) is 11.5 Å². The third-order valence-corrected chi connectivity index (χ3v) is 6.02. The highest BCUT2D eigenvalue weighted by molar-refractivity contribution is 7.49. The zero-order valence-electron chi connectivity index (χ0n) is 19.3. The Kier molecular flexibility index (Phi) is 5.01. The Labute approximate surface area is 190 Å². The van der Waals surface area contributed by atoms with Crippen molar-refractivity contribution in [3.05, 3.63) is 47.4 Å². The van der Waals surface area contributed by atoms with E-state index in [2.05, 4.69) is 11.9 Å². The van der Waals surface area contributed by atoms with Crippen LogP contribution in [-0.4, -0.2) is 59.0 Å². The number of fused-ring (bicyclic) bond motifs is 1. The van der Waals surface area contributed by atoms with Crippen LogP contribution in [0.25, 0.3) is 0 Å². The molecule has 3 aliphatic rings. The Morgan fingerprint density at radius 3 is 3.03 bits per heavy atom. The van der Waals surface area contributed by atoms with Crippen molar-refractivity contribution in [1.82, 2.24) is 10.2 Å². The number of alkyl halides is 1. The normalized spacial score (nSPS) is 38.6. The number of hydrogen-bond acceptors (Lipinski definition) is 10. The van der Waals surface area contributed by atoms with Crippen molar-refractivity contribution >= 4 is 25.3 Å². The molecular weight excluding hydrogens is 474 g/mol. The summed E-state index contributed by atoms with van der Waals surface area (Å²) in [6.07, 6.45) is -7.49. The SMILES string of the molecule is [2H]C([2H])(OP1(=O)OCc2cccc(OC)c2O1)[C@@]1(F)O[C@@]([2H])(N2C=C(Cl)C(=O)NC2=C)[C@H](O)[C@@H]1O. The third kappa shape index (κ3) is 3.99. The Morgan fingerprint density at radius 2 is 2.31 bits per heavy atom. The highest BCUT2D eigenvalue weighted by Gasteiger charge is 2.58. The van der Waals surface area contributed by atoms with Crippen molar-refractivity contribution in [2.75, 3.05) is 13.7 Å². The molecule has 0 bridgehead atoms. The summed E-state index contributed by atoms with van der Waals surface area (Å²) in [7, 11) is -3.61. The molecule has 3 N–H and O–H groups in total. The summed E-state index contributed by atoms with van der Waals surface area (Å²) in [5.41, 5.74) is 0.377. The number of nitrogens with one attached hydrogen (secondary N) is 1. The van der Waals surface area contributed by atoms with Crippen molar-refractivity contribution in [3.8, 4) is 11.5 Å². The van der Waals surface area contributed by atoms with Crippen LogP contribution in [-0.2, 0) is 29.8 Å². The number of aliphatic hydroxyl groups excluding tert-OH is 2. The number of nitrogens with zero attached hydrogens (tertiary/aromatic N) is 1. The lowest BCUT2D eigenvalue weighted by atomic mass is 10.1. The van der Waals surface area contributed by atoms with E-state index in [-0.39, 0.29) is 18.1 Å². The van der Waals surface area contributed by atoms with E-state index in [0.717, 1.165) is 6.20 Å². The fourth-order valence-electron chi connectivity index (χ4n) is 2.97. The number of phosphoric acid groups is 1. The fraction of sp³-hybridized carbons (Fsp3) is 0.389. The maximum atomic E-state index is 15.9. The number of hydrogen-bond donors (Lipinski definition) is 3. The van der Waals surface area contributed by atoms with Gasteiger partial charge in [0.2, 0.25) is 0 Å². The summed E-state index contributed by atoms with van der Waals surface area (Å²) in [4.78, 5) is 12.2. The molecular formula is C18H19ClFN2O9P.